The number of hydrogen-bond donors (Lipinski definition) is 2. The zero-order chi connectivity index (χ0) is 20.3. The van der Waals surface area contributed by atoms with Crippen LogP contribution in [0, 0.1) is 0 Å². The van der Waals surface area contributed by atoms with Gasteiger partial charge in [0.15, 0.2) is 0 Å². The van der Waals surface area contributed by atoms with Crippen molar-refractivity contribution in [2.75, 3.05) is 6.54 Å². The fourth-order valence-electron chi connectivity index (χ4n) is 2.45. The van der Waals surface area contributed by atoms with Gasteiger partial charge in [0.25, 0.3) is 5.91 Å². The molecule has 1 heterocycles. The molecule has 1 fully saturated rings. The molecule has 0 aliphatic carbocycles. The Morgan fingerprint density at radius 2 is 2.04 bits per heavy atom. The Labute approximate surface area is 178 Å². The minimum Gasteiger partial charge on any atom is -0.508 e. The quantitative estimate of drug-likeness (QED) is 0.477. The van der Waals surface area contributed by atoms with Crippen molar-refractivity contribution in [1.82, 2.24) is 4.90 Å². The van der Waals surface area contributed by atoms with Crippen molar-refractivity contribution >= 4 is 62.2 Å². The summed E-state index contributed by atoms with van der Waals surface area (Å²) >= 11 is 9.59. The van der Waals surface area contributed by atoms with Gasteiger partial charge in [-0.1, -0.05) is 58.1 Å². The monoisotopic (exact) mass is 479 g/mol. The maximum atomic E-state index is 12.4. The average molecular weight is 480 g/mol. The second-order valence-corrected chi connectivity index (χ2v) is 8.29. The molecule has 0 aromatic heterocycles. The summed E-state index contributed by atoms with van der Waals surface area (Å²) in [4.78, 5) is 24.7. The van der Waals surface area contributed by atoms with Crippen molar-refractivity contribution in [2.24, 2.45) is 0 Å². The molecule has 0 radical (unpaired) electrons. The molecular weight excluding hydrogens is 466 g/mol. The largest absolute Gasteiger partial charge is 0.508 e. The van der Waals surface area contributed by atoms with Crippen molar-refractivity contribution in [3.63, 3.8) is 0 Å². The number of carboxylic acids is 1. The smallest absolute Gasteiger partial charge is 0.323 e. The van der Waals surface area contributed by atoms with Crippen LogP contribution in [0.2, 0.25) is 0 Å². The maximum Gasteiger partial charge on any atom is 0.323 e. The number of phenols is 1. The summed E-state index contributed by atoms with van der Waals surface area (Å²) in [5.74, 6) is -1.20. The molecule has 0 spiro atoms. The van der Waals surface area contributed by atoms with Crippen molar-refractivity contribution in [3.8, 4) is 11.5 Å². The number of carbonyl (C=O) groups excluding carboxylic acids is 1. The Morgan fingerprint density at radius 1 is 1.29 bits per heavy atom. The third-order valence-corrected chi connectivity index (χ3v) is 5.94. The number of aromatic hydroxyl groups is 1. The van der Waals surface area contributed by atoms with E-state index in [2.05, 4.69) is 15.9 Å². The SMILES string of the molecule is O=C(O)CN1C(=O)/C(=C/c2ccc(O)cc2OCc2ccccc2Br)SC1=S. The van der Waals surface area contributed by atoms with Crippen LogP contribution in [0.3, 0.4) is 0 Å². The Morgan fingerprint density at radius 3 is 2.75 bits per heavy atom. The average Bonchev–Trinajstić information content (AvgIpc) is 2.90. The van der Waals surface area contributed by atoms with Gasteiger partial charge in [-0.2, -0.15) is 0 Å². The lowest BCUT2D eigenvalue weighted by Crippen LogP contribution is -2.33. The first-order valence-electron chi connectivity index (χ1n) is 8.01. The number of rotatable bonds is 6. The fourth-order valence-corrected chi connectivity index (χ4v) is 4.10. The number of ether oxygens (including phenoxy) is 1. The molecular formula is C19H14BrNO5S2. The summed E-state index contributed by atoms with van der Waals surface area (Å²) in [6.45, 7) is -0.228. The highest BCUT2D eigenvalue weighted by molar-refractivity contribution is 9.10. The second kappa shape index (κ2) is 8.76. The highest BCUT2D eigenvalue weighted by Crippen LogP contribution is 2.35. The summed E-state index contributed by atoms with van der Waals surface area (Å²) < 4.78 is 6.94. The lowest BCUT2D eigenvalue weighted by atomic mass is 10.1. The van der Waals surface area contributed by atoms with Gasteiger partial charge in [-0.3, -0.25) is 14.5 Å². The van der Waals surface area contributed by atoms with Gasteiger partial charge >= 0.3 is 5.97 Å². The molecule has 1 amide bonds. The van der Waals surface area contributed by atoms with Crippen LogP contribution >= 0.6 is 39.9 Å². The number of thiocarbonyl (C=S) groups is 1. The van der Waals surface area contributed by atoms with Gasteiger partial charge in [-0.25, -0.2) is 0 Å². The van der Waals surface area contributed by atoms with E-state index in [0.29, 0.717) is 16.2 Å². The third kappa shape index (κ3) is 4.73. The lowest BCUT2D eigenvalue weighted by Gasteiger charge is -2.12. The van der Waals surface area contributed by atoms with Crippen LogP contribution in [0.15, 0.2) is 51.8 Å². The van der Waals surface area contributed by atoms with Gasteiger partial charge < -0.3 is 14.9 Å². The van der Waals surface area contributed by atoms with E-state index >= 15 is 0 Å². The molecule has 0 atom stereocenters. The Kier molecular flexibility index (Phi) is 6.38. The van der Waals surface area contributed by atoms with E-state index < -0.39 is 18.4 Å². The first kappa shape index (κ1) is 20.4. The van der Waals surface area contributed by atoms with Crippen molar-refractivity contribution < 1.29 is 24.5 Å². The number of benzene rings is 2. The molecule has 28 heavy (non-hydrogen) atoms. The highest BCUT2D eigenvalue weighted by Gasteiger charge is 2.33. The van der Waals surface area contributed by atoms with Crippen LogP contribution in [0.5, 0.6) is 11.5 Å². The van der Waals surface area contributed by atoms with E-state index in [1.54, 1.807) is 12.1 Å². The minimum atomic E-state index is -1.14. The van der Waals surface area contributed by atoms with Crippen LogP contribution < -0.4 is 4.74 Å². The highest BCUT2D eigenvalue weighted by atomic mass is 79.9. The molecule has 144 valence electrons. The van der Waals surface area contributed by atoms with E-state index in [1.165, 1.54) is 12.1 Å². The number of aliphatic carboxylic acids is 1. The Balaban J connectivity index is 1.85. The lowest BCUT2D eigenvalue weighted by molar-refractivity contribution is -0.140. The van der Waals surface area contributed by atoms with Crippen molar-refractivity contribution in [1.29, 1.82) is 0 Å². The van der Waals surface area contributed by atoms with Gasteiger partial charge in [0.05, 0.1) is 4.91 Å². The first-order valence-corrected chi connectivity index (χ1v) is 10.0. The summed E-state index contributed by atoms with van der Waals surface area (Å²) in [7, 11) is 0. The van der Waals surface area contributed by atoms with E-state index in [0.717, 1.165) is 26.7 Å². The van der Waals surface area contributed by atoms with E-state index in [1.807, 2.05) is 24.3 Å². The molecule has 2 N–H and O–H groups in total. The molecule has 1 saturated heterocycles. The summed E-state index contributed by atoms with van der Waals surface area (Å²) in [6, 6.07) is 12.1. The number of hydrogen-bond acceptors (Lipinski definition) is 6. The number of carbonyl (C=O) groups is 2. The van der Waals surface area contributed by atoms with Crippen LogP contribution in [0.1, 0.15) is 11.1 Å². The van der Waals surface area contributed by atoms with Gasteiger partial charge in [0.2, 0.25) is 0 Å². The predicted molar refractivity (Wildman–Crippen MR) is 114 cm³/mol. The summed E-state index contributed by atoms with van der Waals surface area (Å²) in [5, 5.41) is 18.7. The predicted octanol–water partition coefficient (Wildman–Crippen LogP) is 4.02. The van der Waals surface area contributed by atoms with Gasteiger partial charge in [-0.15, -0.1) is 0 Å². The van der Waals surface area contributed by atoms with E-state index in [4.69, 9.17) is 22.1 Å². The van der Waals surface area contributed by atoms with Crippen LogP contribution in [0.25, 0.3) is 6.08 Å². The Bertz CT molecular complexity index is 992. The molecule has 2 aromatic carbocycles. The second-order valence-electron chi connectivity index (χ2n) is 5.76. The molecule has 3 rings (SSSR count). The normalized spacial score (nSPS) is 15.3. The standard InChI is InChI=1S/C19H14BrNO5S2/c20-14-4-2-1-3-12(14)10-26-15-8-13(22)6-5-11(15)7-16-18(25)21(9-17(23)24)19(27)28-16/h1-8,22H,9-10H2,(H,23,24)/b16-7-. The van der Waals surface area contributed by atoms with Crippen molar-refractivity contribution in [2.45, 2.75) is 6.61 Å². The number of carboxylic acid groups (broad SMARTS) is 1. The number of halogens is 1. The zero-order valence-corrected chi connectivity index (χ0v) is 17.5. The summed E-state index contributed by atoms with van der Waals surface area (Å²) in [5.41, 5.74) is 1.49. The number of thioether (sulfide) groups is 1. The third-order valence-electron chi connectivity index (χ3n) is 3.79. The first-order chi connectivity index (χ1) is 13.3. The van der Waals surface area contributed by atoms with Crippen LogP contribution in [-0.4, -0.2) is 37.9 Å². The zero-order valence-electron chi connectivity index (χ0n) is 14.3. The molecule has 6 nitrogen and oxygen atoms in total. The van der Waals surface area contributed by atoms with Crippen LogP contribution in [-0.2, 0) is 16.2 Å². The molecule has 9 heteroatoms. The van der Waals surface area contributed by atoms with Gasteiger partial charge in [-0.05, 0) is 24.3 Å². The fraction of sp³-hybridized carbons (Fsp3) is 0.105. The summed E-state index contributed by atoms with van der Waals surface area (Å²) in [6.07, 6.45) is 1.58. The van der Waals surface area contributed by atoms with E-state index in [-0.39, 0.29) is 16.7 Å². The molecule has 0 unspecified atom stereocenters. The molecule has 2 aromatic rings. The minimum absolute atomic E-state index is 0.0257. The number of amides is 1. The van der Waals surface area contributed by atoms with E-state index in [9.17, 15) is 14.7 Å². The Hall–Kier alpha value is -2.36. The number of phenolic OH excluding ortho intramolecular Hbond substituents is 1. The topological polar surface area (TPSA) is 87.1 Å². The van der Waals surface area contributed by atoms with Crippen molar-refractivity contribution in [3.05, 3.63) is 63.0 Å². The maximum absolute atomic E-state index is 12.4. The molecule has 0 saturated carbocycles. The van der Waals surface area contributed by atoms with Gasteiger partial charge in [0.1, 0.15) is 29.0 Å². The number of nitrogens with zero attached hydrogens (tertiary/aromatic N) is 1. The van der Waals surface area contributed by atoms with Crippen LogP contribution in [0.4, 0.5) is 0 Å². The molecule has 1 aliphatic rings. The van der Waals surface area contributed by atoms with Gasteiger partial charge in [0, 0.05) is 21.7 Å². The molecule has 0 bridgehead atoms. The molecule has 1 aliphatic heterocycles.